The predicted octanol–water partition coefficient (Wildman–Crippen LogP) is 1.97. The molecule has 0 radical (unpaired) electrons. The molecule has 2 aromatic rings. The summed E-state index contributed by atoms with van der Waals surface area (Å²) >= 11 is 0. The molecule has 7 heteroatoms. The molecule has 1 aliphatic heterocycles. The molecule has 1 unspecified atom stereocenters. The van der Waals surface area contributed by atoms with Gasteiger partial charge in [0.15, 0.2) is 17.7 Å². The SMILES string of the molecule is O=Cc1c(C(=O)NCC2CCOC2)noc1COCc1ccccc1. The van der Waals surface area contributed by atoms with Crippen molar-refractivity contribution in [1.29, 1.82) is 0 Å². The summed E-state index contributed by atoms with van der Waals surface area (Å²) in [7, 11) is 0. The first-order valence-electron chi connectivity index (χ1n) is 8.19. The zero-order chi connectivity index (χ0) is 17.5. The van der Waals surface area contributed by atoms with Gasteiger partial charge in [0.05, 0.1) is 18.8 Å². The van der Waals surface area contributed by atoms with Crippen LogP contribution < -0.4 is 5.32 Å². The second kappa shape index (κ2) is 8.55. The largest absolute Gasteiger partial charge is 0.381 e. The van der Waals surface area contributed by atoms with Gasteiger partial charge in [0.2, 0.25) is 0 Å². The van der Waals surface area contributed by atoms with Crippen LogP contribution in [0.15, 0.2) is 34.9 Å². The summed E-state index contributed by atoms with van der Waals surface area (Å²) < 4.78 is 15.9. The van der Waals surface area contributed by atoms with E-state index >= 15 is 0 Å². The normalized spacial score (nSPS) is 16.7. The van der Waals surface area contributed by atoms with Gasteiger partial charge in [-0.05, 0) is 12.0 Å². The second-order valence-electron chi connectivity index (χ2n) is 5.90. The molecule has 7 nitrogen and oxygen atoms in total. The molecule has 1 aromatic carbocycles. The Kier molecular flexibility index (Phi) is 5.92. The van der Waals surface area contributed by atoms with Crippen LogP contribution in [0.1, 0.15) is 38.6 Å². The number of nitrogens with zero attached hydrogens (tertiary/aromatic N) is 1. The highest BCUT2D eigenvalue weighted by atomic mass is 16.5. The van der Waals surface area contributed by atoms with Crippen LogP contribution in [0.3, 0.4) is 0 Å². The Hall–Kier alpha value is -2.51. The first-order valence-corrected chi connectivity index (χ1v) is 8.19. The highest BCUT2D eigenvalue weighted by molar-refractivity contribution is 6.00. The van der Waals surface area contributed by atoms with Gasteiger partial charge in [-0.2, -0.15) is 0 Å². The summed E-state index contributed by atoms with van der Waals surface area (Å²) in [6, 6.07) is 9.63. The first kappa shape index (κ1) is 17.3. The Morgan fingerprint density at radius 3 is 2.88 bits per heavy atom. The van der Waals surface area contributed by atoms with E-state index in [-0.39, 0.29) is 23.6 Å². The Labute approximate surface area is 145 Å². The van der Waals surface area contributed by atoms with E-state index in [9.17, 15) is 9.59 Å². The lowest BCUT2D eigenvalue weighted by Gasteiger charge is -2.08. The Bertz CT molecular complexity index is 708. The molecule has 1 aromatic heterocycles. The Morgan fingerprint density at radius 2 is 2.16 bits per heavy atom. The van der Waals surface area contributed by atoms with Crippen molar-refractivity contribution in [1.82, 2.24) is 10.5 Å². The highest BCUT2D eigenvalue weighted by Crippen LogP contribution is 2.15. The van der Waals surface area contributed by atoms with E-state index in [2.05, 4.69) is 10.5 Å². The number of hydrogen-bond donors (Lipinski definition) is 1. The van der Waals surface area contributed by atoms with Gasteiger partial charge in [0, 0.05) is 19.1 Å². The molecular weight excluding hydrogens is 324 g/mol. The highest BCUT2D eigenvalue weighted by Gasteiger charge is 2.23. The number of carbonyl (C=O) groups is 2. The molecular formula is C18H20N2O5. The molecule has 1 fully saturated rings. The van der Waals surface area contributed by atoms with Gasteiger partial charge < -0.3 is 19.3 Å². The van der Waals surface area contributed by atoms with Crippen LogP contribution in [0.5, 0.6) is 0 Å². The molecule has 1 saturated heterocycles. The number of carbonyl (C=O) groups excluding carboxylic acids is 2. The fraction of sp³-hybridized carbons (Fsp3) is 0.389. The quantitative estimate of drug-likeness (QED) is 0.736. The van der Waals surface area contributed by atoms with Crippen LogP contribution >= 0.6 is 0 Å². The third-order valence-corrected chi connectivity index (χ3v) is 4.06. The van der Waals surface area contributed by atoms with Crippen molar-refractivity contribution in [2.24, 2.45) is 5.92 Å². The van der Waals surface area contributed by atoms with Gasteiger partial charge in [-0.15, -0.1) is 0 Å². The number of hydrogen-bond acceptors (Lipinski definition) is 6. The third kappa shape index (κ3) is 4.52. The molecule has 25 heavy (non-hydrogen) atoms. The summed E-state index contributed by atoms with van der Waals surface area (Å²) in [6.45, 7) is 2.29. The smallest absolute Gasteiger partial charge is 0.274 e. The van der Waals surface area contributed by atoms with Crippen LogP contribution in [0.2, 0.25) is 0 Å². The Morgan fingerprint density at radius 1 is 1.32 bits per heavy atom. The van der Waals surface area contributed by atoms with Crippen LogP contribution in [-0.2, 0) is 22.7 Å². The molecule has 0 bridgehead atoms. The zero-order valence-electron chi connectivity index (χ0n) is 13.8. The van der Waals surface area contributed by atoms with E-state index in [1.807, 2.05) is 30.3 Å². The summed E-state index contributed by atoms with van der Waals surface area (Å²) in [5.41, 5.74) is 1.13. The molecule has 1 amide bonds. The van der Waals surface area contributed by atoms with Crippen molar-refractivity contribution < 1.29 is 23.6 Å². The van der Waals surface area contributed by atoms with Crippen molar-refractivity contribution in [3.05, 3.63) is 52.9 Å². The third-order valence-electron chi connectivity index (χ3n) is 4.06. The lowest BCUT2D eigenvalue weighted by molar-refractivity contribution is 0.0866. The summed E-state index contributed by atoms with van der Waals surface area (Å²) in [5, 5.41) is 6.50. The van der Waals surface area contributed by atoms with E-state index in [1.165, 1.54) is 0 Å². The van der Waals surface area contributed by atoms with Crippen molar-refractivity contribution in [2.75, 3.05) is 19.8 Å². The van der Waals surface area contributed by atoms with Gasteiger partial charge in [-0.25, -0.2) is 0 Å². The van der Waals surface area contributed by atoms with Crippen LogP contribution in [0, 0.1) is 5.92 Å². The summed E-state index contributed by atoms with van der Waals surface area (Å²) in [6.07, 6.45) is 1.49. The minimum atomic E-state index is -0.424. The first-order chi connectivity index (χ1) is 12.3. The number of rotatable bonds is 8. The number of ether oxygens (including phenoxy) is 2. The topological polar surface area (TPSA) is 90.7 Å². The molecule has 2 heterocycles. The van der Waals surface area contributed by atoms with E-state index in [1.54, 1.807) is 0 Å². The van der Waals surface area contributed by atoms with E-state index in [0.29, 0.717) is 38.6 Å². The van der Waals surface area contributed by atoms with Crippen LogP contribution in [0.4, 0.5) is 0 Å². The van der Waals surface area contributed by atoms with E-state index < -0.39 is 5.91 Å². The number of aromatic nitrogens is 1. The van der Waals surface area contributed by atoms with Crippen LogP contribution in [0.25, 0.3) is 0 Å². The van der Waals surface area contributed by atoms with Gasteiger partial charge in [-0.3, -0.25) is 9.59 Å². The maximum atomic E-state index is 12.2. The minimum absolute atomic E-state index is 0.00720. The molecule has 1 atom stereocenters. The average Bonchev–Trinajstić information content (AvgIpc) is 3.30. The standard InChI is InChI=1S/C18H20N2O5/c21-9-15-16(12-24-10-13-4-2-1-3-5-13)25-20-17(15)18(22)19-8-14-6-7-23-11-14/h1-5,9,14H,6-8,10-12H2,(H,19,22). The molecule has 0 aliphatic carbocycles. The van der Waals surface area contributed by atoms with Crippen molar-refractivity contribution in [3.8, 4) is 0 Å². The fourth-order valence-electron chi connectivity index (χ4n) is 2.62. The van der Waals surface area contributed by atoms with E-state index in [0.717, 1.165) is 12.0 Å². The summed E-state index contributed by atoms with van der Waals surface area (Å²) in [4.78, 5) is 23.6. The van der Waals surface area contributed by atoms with Gasteiger partial charge >= 0.3 is 0 Å². The average molecular weight is 344 g/mol. The lowest BCUT2D eigenvalue weighted by atomic mass is 10.1. The zero-order valence-corrected chi connectivity index (χ0v) is 13.8. The monoisotopic (exact) mass is 344 g/mol. The van der Waals surface area contributed by atoms with Gasteiger partial charge in [-0.1, -0.05) is 35.5 Å². The predicted molar refractivity (Wildman–Crippen MR) is 88.1 cm³/mol. The molecule has 0 saturated carbocycles. The molecule has 1 aliphatic rings. The van der Waals surface area contributed by atoms with E-state index in [4.69, 9.17) is 14.0 Å². The van der Waals surface area contributed by atoms with Gasteiger partial charge in [0.1, 0.15) is 6.61 Å². The maximum Gasteiger partial charge on any atom is 0.274 e. The maximum absolute atomic E-state index is 12.2. The number of aldehydes is 1. The number of benzene rings is 1. The molecule has 132 valence electrons. The van der Waals surface area contributed by atoms with Gasteiger partial charge in [0.25, 0.3) is 5.91 Å². The minimum Gasteiger partial charge on any atom is -0.381 e. The number of nitrogens with one attached hydrogen (secondary N) is 1. The van der Waals surface area contributed by atoms with Crippen molar-refractivity contribution >= 4 is 12.2 Å². The fourth-order valence-corrected chi connectivity index (χ4v) is 2.62. The van der Waals surface area contributed by atoms with Crippen molar-refractivity contribution in [3.63, 3.8) is 0 Å². The second-order valence-corrected chi connectivity index (χ2v) is 5.90. The molecule has 1 N–H and O–H groups in total. The Balaban J connectivity index is 1.56. The molecule has 3 rings (SSSR count). The summed E-state index contributed by atoms with van der Waals surface area (Å²) in [5.74, 6) is 0.122. The lowest BCUT2D eigenvalue weighted by Crippen LogP contribution is -2.30. The number of amides is 1. The van der Waals surface area contributed by atoms with Crippen LogP contribution in [-0.4, -0.2) is 37.1 Å². The molecule has 0 spiro atoms. The van der Waals surface area contributed by atoms with Crippen molar-refractivity contribution in [2.45, 2.75) is 19.6 Å².